The fourth-order valence-corrected chi connectivity index (χ4v) is 1.72. The second-order valence-electron chi connectivity index (χ2n) is 3.73. The first-order valence-electron chi connectivity index (χ1n) is 4.92. The van der Waals surface area contributed by atoms with E-state index < -0.39 is 25.0 Å². The van der Waals surface area contributed by atoms with Crippen molar-refractivity contribution in [2.75, 3.05) is 19.7 Å². The SMILES string of the molecule is O=C(O)C(C1CC1)N(CCO)CC(F)F. The highest BCUT2D eigenvalue weighted by atomic mass is 19.3. The van der Waals surface area contributed by atoms with Gasteiger partial charge in [-0.3, -0.25) is 9.69 Å². The van der Waals surface area contributed by atoms with Gasteiger partial charge in [-0.15, -0.1) is 0 Å². The number of hydrogen-bond acceptors (Lipinski definition) is 3. The van der Waals surface area contributed by atoms with E-state index in [1.807, 2.05) is 0 Å². The lowest BCUT2D eigenvalue weighted by Gasteiger charge is -2.27. The van der Waals surface area contributed by atoms with Crippen LogP contribution in [-0.4, -0.2) is 53.2 Å². The summed E-state index contributed by atoms with van der Waals surface area (Å²) in [6, 6.07) is -0.869. The summed E-state index contributed by atoms with van der Waals surface area (Å²) >= 11 is 0. The maximum Gasteiger partial charge on any atom is 0.321 e. The smallest absolute Gasteiger partial charge is 0.321 e. The summed E-state index contributed by atoms with van der Waals surface area (Å²) in [6.45, 7) is -0.908. The minimum absolute atomic E-state index is 0.0161. The van der Waals surface area contributed by atoms with Crippen molar-refractivity contribution in [2.24, 2.45) is 5.92 Å². The van der Waals surface area contributed by atoms with E-state index in [1.54, 1.807) is 0 Å². The monoisotopic (exact) mass is 223 g/mol. The van der Waals surface area contributed by atoms with Crippen LogP contribution in [0.2, 0.25) is 0 Å². The zero-order valence-corrected chi connectivity index (χ0v) is 8.27. The average molecular weight is 223 g/mol. The van der Waals surface area contributed by atoms with Crippen LogP contribution in [0.5, 0.6) is 0 Å². The van der Waals surface area contributed by atoms with Crippen molar-refractivity contribution in [3.05, 3.63) is 0 Å². The van der Waals surface area contributed by atoms with E-state index in [1.165, 1.54) is 0 Å². The summed E-state index contributed by atoms with van der Waals surface area (Å²) in [5, 5.41) is 17.6. The molecule has 0 aromatic carbocycles. The Balaban J connectivity index is 2.60. The third-order valence-corrected chi connectivity index (χ3v) is 2.47. The number of halogens is 2. The number of alkyl halides is 2. The van der Waals surface area contributed by atoms with Crippen LogP contribution in [0.4, 0.5) is 8.78 Å². The van der Waals surface area contributed by atoms with Crippen molar-refractivity contribution >= 4 is 5.97 Å². The second-order valence-corrected chi connectivity index (χ2v) is 3.73. The molecule has 1 unspecified atom stereocenters. The Kier molecular flexibility index (Phi) is 4.41. The maximum absolute atomic E-state index is 12.2. The molecule has 1 atom stereocenters. The van der Waals surface area contributed by atoms with Gasteiger partial charge in [0.15, 0.2) is 0 Å². The summed E-state index contributed by atoms with van der Waals surface area (Å²) in [7, 11) is 0. The molecule has 1 fully saturated rings. The summed E-state index contributed by atoms with van der Waals surface area (Å²) in [6.07, 6.45) is -1.04. The molecule has 0 aliphatic heterocycles. The molecule has 2 N–H and O–H groups in total. The predicted octanol–water partition coefficient (Wildman–Crippen LogP) is 0.409. The molecule has 0 spiro atoms. The molecular weight excluding hydrogens is 208 g/mol. The molecule has 0 bridgehead atoms. The molecule has 6 heteroatoms. The maximum atomic E-state index is 12.2. The molecule has 1 aliphatic rings. The van der Waals surface area contributed by atoms with Crippen molar-refractivity contribution in [3.8, 4) is 0 Å². The lowest BCUT2D eigenvalue weighted by Crippen LogP contribution is -2.46. The van der Waals surface area contributed by atoms with Gasteiger partial charge in [0.05, 0.1) is 13.2 Å². The Morgan fingerprint density at radius 2 is 2.07 bits per heavy atom. The Bertz CT molecular complexity index is 221. The number of hydrogen-bond donors (Lipinski definition) is 2. The van der Waals surface area contributed by atoms with Crippen molar-refractivity contribution in [1.82, 2.24) is 4.90 Å². The van der Waals surface area contributed by atoms with Gasteiger partial charge in [-0.1, -0.05) is 0 Å². The van der Waals surface area contributed by atoms with Gasteiger partial charge >= 0.3 is 5.97 Å². The fourth-order valence-electron chi connectivity index (χ4n) is 1.72. The Labute approximate surface area is 86.5 Å². The number of rotatable bonds is 7. The lowest BCUT2D eigenvalue weighted by atomic mass is 10.1. The number of aliphatic hydroxyl groups is 1. The highest BCUT2D eigenvalue weighted by Crippen LogP contribution is 2.35. The zero-order chi connectivity index (χ0) is 11.4. The van der Waals surface area contributed by atoms with E-state index in [9.17, 15) is 13.6 Å². The van der Waals surface area contributed by atoms with Crippen LogP contribution >= 0.6 is 0 Å². The largest absolute Gasteiger partial charge is 0.480 e. The van der Waals surface area contributed by atoms with E-state index in [-0.39, 0.29) is 19.1 Å². The fraction of sp³-hybridized carbons (Fsp3) is 0.889. The van der Waals surface area contributed by atoms with Gasteiger partial charge in [0.2, 0.25) is 0 Å². The minimum atomic E-state index is -2.57. The topological polar surface area (TPSA) is 60.8 Å². The molecule has 4 nitrogen and oxygen atoms in total. The summed E-state index contributed by atoms with van der Waals surface area (Å²) in [5.41, 5.74) is 0. The Morgan fingerprint density at radius 1 is 1.47 bits per heavy atom. The van der Waals surface area contributed by atoms with Gasteiger partial charge in [-0.2, -0.15) is 0 Å². The quantitative estimate of drug-likeness (QED) is 0.656. The van der Waals surface area contributed by atoms with Gasteiger partial charge in [-0.05, 0) is 18.8 Å². The van der Waals surface area contributed by atoms with E-state index in [4.69, 9.17) is 10.2 Å². The molecule has 1 aliphatic carbocycles. The first kappa shape index (κ1) is 12.3. The molecule has 0 saturated heterocycles. The molecule has 1 rings (SSSR count). The van der Waals surface area contributed by atoms with E-state index >= 15 is 0 Å². The number of aliphatic carboxylic acids is 1. The molecule has 0 radical (unpaired) electrons. The first-order chi connectivity index (χ1) is 7.06. The van der Waals surface area contributed by atoms with Crippen LogP contribution in [0.15, 0.2) is 0 Å². The Morgan fingerprint density at radius 3 is 2.40 bits per heavy atom. The van der Waals surface area contributed by atoms with Crippen LogP contribution in [0.3, 0.4) is 0 Å². The number of nitrogens with zero attached hydrogens (tertiary/aromatic N) is 1. The predicted molar refractivity (Wildman–Crippen MR) is 48.8 cm³/mol. The number of carbonyl (C=O) groups is 1. The number of carboxylic acids is 1. The number of aliphatic hydroxyl groups excluding tert-OH is 1. The second kappa shape index (κ2) is 5.37. The van der Waals surface area contributed by atoms with Gasteiger partial charge in [0.25, 0.3) is 6.43 Å². The summed E-state index contributed by atoms with van der Waals surface area (Å²) in [4.78, 5) is 12.1. The van der Waals surface area contributed by atoms with Gasteiger partial charge in [0.1, 0.15) is 6.04 Å². The molecule has 0 aromatic rings. The van der Waals surface area contributed by atoms with Crippen molar-refractivity contribution < 1.29 is 23.8 Å². The summed E-state index contributed by atoms with van der Waals surface area (Å²) in [5.74, 6) is -1.11. The molecule has 1 saturated carbocycles. The normalized spacial score (nSPS) is 18.5. The molecule has 88 valence electrons. The standard InChI is InChI=1S/C9H15F2NO3/c10-7(11)5-12(3-4-13)8(9(14)15)6-1-2-6/h6-8,13H,1-5H2,(H,14,15). The highest BCUT2D eigenvalue weighted by molar-refractivity contribution is 5.74. The van der Waals surface area contributed by atoms with Crippen molar-refractivity contribution in [2.45, 2.75) is 25.3 Å². The van der Waals surface area contributed by atoms with Crippen molar-refractivity contribution in [1.29, 1.82) is 0 Å². The van der Waals surface area contributed by atoms with Crippen LogP contribution in [0.25, 0.3) is 0 Å². The van der Waals surface area contributed by atoms with Gasteiger partial charge in [0, 0.05) is 6.54 Å². The van der Waals surface area contributed by atoms with Gasteiger partial charge in [-0.25, -0.2) is 8.78 Å². The van der Waals surface area contributed by atoms with Crippen LogP contribution in [-0.2, 0) is 4.79 Å². The van der Waals surface area contributed by atoms with E-state index in [2.05, 4.69) is 0 Å². The minimum Gasteiger partial charge on any atom is -0.480 e. The first-order valence-corrected chi connectivity index (χ1v) is 4.92. The molecule has 0 aromatic heterocycles. The number of carboxylic acid groups (broad SMARTS) is 1. The lowest BCUT2D eigenvalue weighted by molar-refractivity contribution is -0.145. The van der Waals surface area contributed by atoms with Crippen LogP contribution in [0.1, 0.15) is 12.8 Å². The molecule has 0 amide bonds. The zero-order valence-electron chi connectivity index (χ0n) is 8.27. The summed E-state index contributed by atoms with van der Waals surface area (Å²) < 4.78 is 24.4. The third kappa shape index (κ3) is 3.71. The highest BCUT2D eigenvalue weighted by Gasteiger charge is 2.40. The van der Waals surface area contributed by atoms with Crippen LogP contribution < -0.4 is 0 Å². The van der Waals surface area contributed by atoms with Gasteiger partial charge < -0.3 is 10.2 Å². The van der Waals surface area contributed by atoms with E-state index in [0.29, 0.717) is 0 Å². The van der Waals surface area contributed by atoms with Crippen LogP contribution in [0, 0.1) is 5.92 Å². The van der Waals surface area contributed by atoms with Crippen molar-refractivity contribution in [3.63, 3.8) is 0 Å². The average Bonchev–Trinajstić information content (AvgIpc) is 2.87. The molecular formula is C9H15F2NO3. The van der Waals surface area contributed by atoms with E-state index in [0.717, 1.165) is 17.7 Å². The Hall–Kier alpha value is -0.750. The molecule has 15 heavy (non-hydrogen) atoms. The molecule has 0 heterocycles. The third-order valence-electron chi connectivity index (χ3n) is 2.47.